The maximum absolute atomic E-state index is 12.7. The Morgan fingerprint density at radius 1 is 1.03 bits per heavy atom. The summed E-state index contributed by atoms with van der Waals surface area (Å²) in [5.74, 6) is 0.234. The molecule has 172 valence electrons. The third-order valence-corrected chi connectivity index (χ3v) is 5.97. The Hall–Kier alpha value is -3.58. The summed E-state index contributed by atoms with van der Waals surface area (Å²) >= 11 is 0. The third-order valence-electron chi connectivity index (χ3n) is 5.97. The van der Waals surface area contributed by atoms with Crippen molar-refractivity contribution in [3.8, 4) is 11.3 Å². The Bertz CT molecular complexity index is 1150. The first-order valence-electron chi connectivity index (χ1n) is 11.1. The maximum atomic E-state index is 12.7. The molecule has 2 aromatic carbocycles. The molecule has 1 aliphatic rings. The number of likely N-dealkylation sites (N-methyl/N-ethyl adjacent to an activating group) is 1. The average molecular weight is 447 g/mol. The topological polar surface area (TPSA) is 77.8 Å². The van der Waals surface area contributed by atoms with Gasteiger partial charge in [-0.15, -0.1) is 0 Å². The lowest BCUT2D eigenvalue weighted by atomic mass is 10.1. The highest BCUT2D eigenvalue weighted by atomic mass is 16.4. The van der Waals surface area contributed by atoms with Gasteiger partial charge in [0.15, 0.2) is 5.76 Å². The van der Waals surface area contributed by atoms with E-state index in [0.29, 0.717) is 23.2 Å². The molecule has 7 nitrogen and oxygen atoms in total. The zero-order valence-electron chi connectivity index (χ0n) is 19.5. The van der Waals surface area contributed by atoms with Crippen molar-refractivity contribution in [1.82, 2.24) is 4.90 Å². The van der Waals surface area contributed by atoms with Crippen LogP contribution < -0.4 is 15.5 Å². The van der Waals surface area contributed by atoms with Gasteiger partial charge in [0.2, 0.25) is 5.91 Å². The van der Waals surface area contributed by atoms with E-state index >= 15 is 0 Å². The van der Waals surface area contributed by atoms with Gasteiger partial charge in [0.1, 0.15) is 5.76 Å². The molecule has 0 aliphatic carbocycles. The summed E-state index contributed by atoms with van der Waals surface area (Å²) in [6.07, 6.45) is 1.15. The van der Waals surface area contributed by atoms with Crippen molar-refractivity contribution in [2.24, 2.45) is 0 Å². The number of benzene rings is 2. The fraction of sp³-hybridized carbons (Fsp3) is 0.308. The molecule has 0 spiro atoms. The number of rotatable bonds is 6. The molecule has 1 aliphatic heterocycles. The van der Waals surface area contributed by atoms with Gasteiger partial charge >= 0.3 is 0 Å². The van der Waals surface area contributed by atoms with Gasteiger partial charge in [-0.25, -0.2) is 0 Å². The second kappa shape index (κ2) is 9.50. The van der Waals surface area contributed by atoms with E-state index in [2.05, 4.69) is 34.5 Å². The van der Waals surface area contributed by atoms with Crippen molar-refractivity contribution in [2.45, 2.75) is 26.3 Å². The van der Waals surface area contributed by atoms with Crippen molar-refractivity contribution in [3.63, 3.8) is 0 Å². The van der Waals surface area contributed by atoms with Crippen LogP contribution in [0.5, 0.6) is 0 Å². The van der Waals surface area contributed by atoms with Crippen molar-refractivity contribution in [2.75, 3.05) is 42.7 Å². The lowest BCUT2D eigenvalue weighted by Crippen LogP contribution is -2.31. The van der Waals surface area contributed by atoms with E-state index in [4.69, 9.17) is 4.42 Å². The molecule has 1 atom stereocenters. The standard InChI is InChI=1S/C26H30N4O3/c1-17-5-10-22(23(15-17)27-18(2)31)24-11-12-25(33-24)26(32)28-19-6-8-20(9-7-19)30-14-13-21(16-30)29(3)4/h5-12,15,21H,13-14,16H2,1-4H3,(H,27,31)(H,28,32). The van der Waals surface area contributed by atoms with Gasteiger partial charge in [-0.05, 0) is 81.5 Å². The van der Waals surface area contributed by atoms with E-state index in [1.807, 2.05) is 49.4 Å². The van der Waals surface area contributed by atoms with E-state index in [1.165, 1.54) is 6.92 Å². The van der Waals surface area contributed by atoms with E-state index in [1.54, 1.807) is 12.1 Å². The minimum absolute atomic E-state index is 0.166. The lowest BCUT2D eigenvalue weighted by Gasteiger charge is -2.22. The van der Waals surface area contributed by atoms with Crippen LogP contribution in [0.25, 0.3) is 11.3 Å². The predicted octanol–water partition coefficient (Wildman–Crippen LogP) is 4.61. The molecule has 0 saturated carbocycles. The summed E-state index contributed by atoms with van der Waals surface area (Å²) in [5, 5.41) is 5.72. The number of amides is 2. The highest BCUT2D eigenvalue weighted by Gasteiger charge is 2.24. The van der Waals surface area contributed by atoms with Crippen LogP contribution >= 0.6 is 0 Å². The second-order valence-electron chi connectivity index (χ2n) is 8.75. The van der Waals surface area contributed by atoms with Gasteiger partial charge in [-0.3, -0.25) is 9.59 Å². The average Bonchev–Trinajstić information content (AvgIpc) is 3.44. The van der Waals surface area contributed by atoms with Gasteiger partial charge in [0.25, 0.3) is 5.91 Å². The molecule has 0 radical (unpaired) electrons. The summed E-state index contributed by atoms with van der Waals surface area (Å²) in [6, 6.07) is 17.5. The van der Waals surface area contributed by atoms with Crippen LogP contribution in [0.3, 0.4) is 0 Å². The Balaban J connectivity index is 1.44. The zero-order chi connectivity index (χ0) is 23.5. The van der Waals surface area contributed by atoms with Crippen LogP contribution in [0.4, 0.5) is 17.1 Å². The van der Waals surface area contributed by atoms with E-state index < -0.39 is 0 Å². The zero-order valence-corrected chi connectivity index (χ0v) is 19.5. The number of hydrogen-bond donors (Lipinski definition) is 2. The van der Waals surface area contributed by atoms with Gasteiger partial charge < -0.3 is 24.9 Å². The first-order chi connectivity index (χ1) is 15.8. The van der Waals surface area contributed by atoms with Crippen molar-refractivity contribution < 1.29 is 14.0 Å². The minimum atomic E-state index is -0.323. The number of carbonyl (C=O) groups is 2. The molecular formula is C26H30N4O3. The molecule has 33 heavy (non-hydrogen) atoms. The summed E-state index contributed by atoms with van der Waals surface area (Å²) in [5.41, 5.74) is 4.25. The highest BCUT2D eigenvalue weighted by Crippen LogP contribution is 2.31. The SMILES string of the molecule is CC(=O)Nc1cc(C)ccc1-c1ccc(C(=O)Nc2ccc(N3CCC(N(C)C)C3)cc2)o1. The maximum Gasteiger partial charge on any atom is 0.291 e. The molecule has 2 amide bonds. The van der Waals surface area contributed by atoms with E-state index in [9.17, 15) is 9.59 Å². The molecule has 2 heterocycles. The fourth-order valence-corrected chi connectivity index (χ4v) is 4.12. The third kappa shape index (κ3) is 5.26. The molecule has 1 unspecified atom stereocenters. The van der Waals surface area contributed by atoms with Crippen molar-refractivity contribution >= 4 is 28.9 Å². The van der Waals surface area contributed by atoms with Crippen LogP contribution in [0.15, 0.2) is 59.0 Å². The second-order valence-corrected chi connectivity index (χ2v) is 8.75. The van der Waals surface area contributed by atoms with Crippen molar-refractivity contribution in [1.29, 1.82) is 0 Å². The van der Waals surface area contributed by atoms with Crippen LogP contribution in [0, 0.1) is 6.92 Å². The molecule has 1 aromatic heterocycles. The molecule has 0 bridgehead atoms. The largest absolute Gasteiger partial charge is 0.451 e. The molecule has 1 fully saturated rings. The monoisotopic (exact) mass is 446 g/mol. The quantitative estimate of drug-likeness (QED) is 0.578. The summed E-state index contributed by atoms with van der Waals surface area (Å²) in [4.78, 5) is 28.9. The Kier molecular flexibility index (Phi) is 6.51. The van der Waals surface area contributed by atoms with E-state index in [0.717, 1.165) is 36.3 Å². The normalized spacial score (nSPS) is 15.7. The lowest BCUT2D eigenvalue weighted by molar-refractivity contribution is -0.114. The van der Waals surface area contributed by atoms with Crippen LogP contribution in [0.2, 0.25) is 0 Å². The Labute approximate surface area is 194 Å². The van der Waals surface area contributed by atoms with Gasteiger partial charge in [0, 0.05) is 43.0 Å². The number of furan rings is 1. The minimum Gasteiger partial charge on any atom is -0.451 e. The fourth-order valence-electron chi connectivity index (χ4n) is 4.12. The summed E-state index contributed by atoms with van der Waals surface area (Å²) in [6.45, 7) is 5.45. The number of hydrogen-bond acceptors (Lipinski definition) is 5. The van der Waals surface area contributed by atoms with Crippen molar-refractivity contribution in [3.05, 3.63) is 65.9 Å². The van der Waals surface area contributed by atoms with Gasteiger partial charge in [-0.1, -0.05) is 6.07 Å². The van der Waals surface area contributed by atoms with E-state index in [-0.39, 0.29) is 17.6 Å². The first-order valence-corrected chi connectivity index (χ1v) is 11.1. The highest BCUT2D eigenvalue weighted by molar-refractivity contribution is 6.03. The Morgan fingerprint density at radius 3 is 2.45 bits per heavy atom. The number of aryl methyl sites for hydroxylation is 1. The smallest absolute Gasteiger partial charge is 0.291 e. The number of carbonyl (C=O) groups excluding carboxylic acids is 2. The number of anilines is 3. The predicted molar refractivity (Wildman–Crippen MR) is 132 cm³/mol. The van der Waals surface area contributed by atoms with Crippen LogP contribution in [-0.2, 0) is 4.79 Å². The first kappa shape index (κ1) is 22.6. The molecule has 3 aromatic rings. The number of nitrogens with zero attached hydrogens (tertiary/aromatic N) is 2. The molecule has 4 rings (SSSR count). The molecule has 1 saturated heterocycles. The summed E-state index contributed by atoms with van der Waals surface area (Å²) in [7, 11) is 4.23. The Morgan fingerprint density at radius 2 is 1.79 bits per heavy atom. The number of nitrogens with one attached hydrogen (secondary N) is 2. The molecule has 2 N–H and O–H groups in total. The van der Waals surface area contributed by atoms with Crippen LogP contribution in [-0.4, -0.2) is 49.9 Å². The van der Waals surface area contributed by atoms with Gasteiger partial charge in [-0.2, -0.15) is 0 Å². The van der Waals surface area contributed by atoms with Crippen LogP contribution in [0.1, 0.15) is 29.5 Å². The van der Waals surface area contributed by atoms with Gasteiger partial charge in [0.05, 0.1) is 5.69 Å². The molecular weight excluding hydrogens is 416 g/mol. The molecule has 7 heteroatoms. The summed E-state index contributed by atoms with van der Waals surface area (Å²) < 4.78 is 5.83.